The fraction of sp³-hybridized carbons (Fsp3) is 0.368. The lowest BCUT2D eigenvalue weighted by atomic mass is 10.1. The van der Waals surface area contributed by atoms with Gasteiger partial charge in [0.05, 0.1) is 0 Å². The van der Waals surface area contributed by atoms with Gasteiger partial charge in [0, 0.05) is 36.1 Å². The molecule has 3 amide bonds. The Labute approximate surface area is 151 Å². The first kappa shape index (κ1) is 16.1. The number of carbonyl (C=O) groups excluding carboxylic acids is 2. The van der Waals surface area contributed by atoms with E-state index in [1.807, 2.05) is 29.2 Å². The van der Waals surface area contributed by atoms with E-state index in [2.05, 4.69) is 22.1 Å². The van der Waals surface area contributed by atoms with E-state index in [-0.39, 0.29) is 17.9 Å². The van der Waals surface area contributed by atoms with Crippen molar-refractivity contribution < 1.29 is 9.59 Å². The largest absolute Gasteiger partial charge is 0.334 e. The highest BCUT2D eigenvalue weighted by molar-refractivity contribution is 7.10. The first-order chi connectivity index (χ1) is 12.2. The van der Waals surface area contributed by atoms with Gasteiger partial charge in [-0.3, -0.25) is 4.79 Å². The first-order valence-corrected chi connectivity index (χ1v) is 9.55. The minimum absolute atomic E-state index is 0.0377. The Kier molecular flexibility index (Phi) is 4.44. The fourth-order valence-corrected chi connectivity index (χ4v) is 3.95. The van der Waals surface area contributed by atoms with E-state index in [0.717, 1.165) is 37.1 Å². The van der Waals surface area contributed by atoms with Crippen molar-refractivity contribution in [3.8, 4) is 0 Å². The summed E-state index contributed by atoms with van der Waals surface area (Å²) < 4.78 is 0. The summed E-state index contributed by atoms with van der Waals surface area (Å²) in [5.74, 6) is 0.283. The molecular weight excluding hydrogens is 334 g/mol. The zero-order chi connectivity index (χ0) is 17.2. The van der Waals surface area contributed by atoms with Crippen LogP contribution in [0.25, 0.3) is 0 Å². The van der Waals surface area contributed by atoms with Gasteiger partial charge >= 0.3 is 6.03 Å². The van der Waals surface area contributed by atoms with Gasteiger partial charge in [-0.25, -0.2) is 4.79 Å². The predicted octanol–water partition coefficient (Wildman–Crippen LogP) is 3.36. The quantitative estimate of drug-likeness (QED) is 0.883. The second-order valence-electron chi connectivity index (χ2n) is 6.66. The lowest BCUT2D eigenvalue weighted by molar-refractivity contribution is -0.117. The minimum atomic E-state index is -0.0377. The van der Waals surface area contributed by atoms with E-state index >= 15 is 0 Å². The molecule has 2 aliphatic rings. The number of hydrogen-bond acceptors (Lipinski definition) is 3. The smallest absolute Gasteiger partial charge is 0.317 e. The molecule has 0 saturated heterocycles. The number of anilines is 1. The Balaban J connectivity index is 1.32. The maximum absolute atomic E-state index is 12.4. The van der Waals surface area contributed by atoms with Gasteiger partial charge in [0.2, 0.25) is 5.91 Å². The number of benzene rings is 1. The number of nitrogens with one attached hydrogen (secondary N) is 2. The number of nitrogens with zero attached hydrogens (tertiary/aromatic N) is 1. The summed E-state index contributed by atoms with van der Waals surface area (Å²) in [5.41, 5.74) is 3.04. The summed E-state index contributed by atoms with van der Waals surface area (Å²) in [6.07, 6.45) is 2.91. The summed E-state index contributed by atoms with van der Waals surface area (Å²) in [7, 11) is 0. The highest BCUT2D eigenvalue weighted by Gasteiger charge is 2.29. The number of fused-ring (bicyclic) bond motifs is 1. The lowest BCUT2D eigenvalue weighted by Crippen LogP contribution is -2.42. The van der Waals surface area contributed by atoms with Crippen molar-refractivity contribution in [2.24, 2.45) is 5.92 Å². The second kappa shape index (κ2) is 6.88. The molecule has 2 N–H and O–H groups in total. The van der Waals surface area contributed by atoms with Gasteiger partial charge in [-0.2, -0.15) is 0 Å². The van der Waals surface area contributed by atoms with Gasteiger partial charge in [-0.05, 0) is 54.0 Å². The standard InChI is InChI=1S/C19H21N3O2S/c23-18(14-4-5-14)21-16-3-1-2-13(10-16)11-20-19(24)22-8-6-17-15(12-22)7-9-25-17/h1-3,7,9-10,14H,4-6,8,11-12H2,(H,20,24)(H,21,23). The number of carbonyl (C=O) groups is 2. The Morgan fingerprint density at radius 3 is 2.96 bits per heavy atom. The van der Waals surface area contributed by atoms with E-state index in [0.29, 0.717) is 13.1 Å². The number of hydrogen-bond donors (Lipinski definition) is 2. The summed E-state index contributed by atoms with van der Waals surface area (Å²) in [6, 6.07) is 9.74. The molecule has 1 aromatic heterocycles. The summed E-state index contributed by atoms with van der Waals surface area (Å²) in [4.78, 5) is 27.5. The number of urea groups is 1. The number of thiophene rings is 1. The normalized spacial score (nSPS) is 16.2. The van der Waals surface area contributed by atoms with E-state index in [1.54, 1.807) is 11.3 Å². The van der Waals surface area contributed by atoms with Crippen LogP contribution < -0.4 is 10.6 Å². The average Bonchev–Trinajstić information content (AvgIpc) is 3.37. The van der Waals surface area contributed by atoms with Crippen molar-refractivity contribution in [1.29, 1.82) is 0 Å². The van der Waals surface area contributed by atoms with Crippen molar-refractivity contribution in [2.45, 2.75) is 32.4 Å². The van der Waals surface area contributed by atoms with Gasteiger partial charge in [0.1, 0.15) is 0 Å². The lowest BCUT2D eigenvalue weighted by Gasteiger charge is -2.27. The monoisotopic (exact) mass is 355 g/mol. The average molecular weight is 355 g/mol. The van der Waals surface area contributed by atoms with Crippen LogP contribution >= 0.6 is 11.3 Å². The Bertz CT molecular complexity index is 797. The van der Waals surface area contributed by atoms with E-state index < -0.39 is 0 Å². The molecule has 1 aliphatic heterocycles. The van der Waals surface area contributed by atoms with Crippen LogP contribution in [-0.4, -0.2) is 23.4 Å². The topological polar surface area (TPSA) is 61.4 Å². The first-order valence-electron chi connectivity index (χ1n) is 8.67. The van der Waals surface area contributed by atoms with Crippen molar-refractivity contribution in [2.75, 3.05) is 11.9 Å². The van der Waals surface area contributed by atoms with Crippen LogP contribution in [0.2, 0.25) is 0 Å². The van der Waals surface area contributed by atoms with Crippen LogP contribution in [0.4, 0.5) is 10.5 Å². The Morgan fingerprint density at radius 2 is 2.12 bits per heavy atom. The van der Waals surface area contributed by atoms with Gasteiger partial charge in [-0.15, -0.1) is 11.3 Å². The minimum Gasteiger partial charge on any atom is -0.334 e. The molecule has 4 rings (SSSR count). The summed E-state index contributed by atoms with van der Waals surface area (Å²) in [6.45, 7) is 1.90. The molecule has 2 heterocycles. The SMILES string of the molecule is O=C(Nc1cccc(CNC(=O)N2CCc3sccc3C2)c1)C1CC1. The van der Waals surface area contributed by atoms with E-state index in [4.69, 9.17) is 0 Å². The second-order valence-corrected chi connectivity index (χ2v) is 7.66. The highest BCUT2D eigenvalue weighted by Crippen LogP contribution is 2.30. The third-order valence-electron chi connectivity index (χ3n) is 4.68. The molecule has 1 fully saturated rings. The Morgan fingerprint density at radius 1 is 1.24 bits per heavy atom. The van der Waals surface area contributed by atoms with E-state index in [1.165, 1.54) is 10.4 Å². The molecule has 0 radical (unpaired) electrons. The molecule has 5 nitrogen and oxygen atoms in total. The third kappa shape index (κ3) is 3.85. The van der Waals surface area contributed by atoms with Crippen LogP contribution in [0.1, 0.15) is 28.8 Å². The molecule has 2 aromatic rings. The molecule has 6 heteroatoms. The highest BCUT2D eigenvalue weighted by atomic mass is 32.1. The van der Waals surface area contributed by atoms with Crippen LogP contribution in [0.15, 0.2) is 35.7 Å². The number of rotatable bonds is 4. The molecular formula is C19H21N3O2S. The van der Waals surface area contributed by atoms with Crippen molar-refractivity contribution in [3.05, 3.63) is 51.7 Å². The van der Waals surface area contributed by atoms with Gasteiger partial charge in [-0.1, -0.05) is 12.1 Å². The van der Waals surface area contributed by atoms with Crippen LogP contribution in [0.3, 0.4) is 0 Å². The molecule has 1 aliphatic carbocycles. The van der Waals surface area contributed by atoms with Crippen LogP contribution in [0.5, 0.6) is 0 Å². The number of amides is 3. The Hall–Kier alpha value is -2.34. The predicted molar refractivity (Wildman–Crippen MR) is 98.5 cm³/mol. The molecule has 0 atom stereocenters. The zero-order valence-electron chi connectivity index (χ0n) is 14.0. The molecule has 0 unspecified atom stereocenters. The van der Waals surface area contributed by atoms with Gasteiger partial charge < -0.3 is 15.5 Å². The van der Waals surface area contributed by atoms with Crippen LogP contribution in [0, 0.1) is 5.92 Å². The van der Waals surface area contributed by atoms with Crippen LogP contribution in [-0.2, 0) is 24.3 Å². The van der Waals surface area contributed by atoms with Gasteiger partial charge in [0.15, 0.2) is 0 Å². The molecule has 25 heavy (non-hydrogen) atoms. The molecule has 1 aromatic carbocycles. The maximum Gasteiger partial charge on any atom is 0.317 e. The maximum atomic E-state index is 12.4. The molecule has 130 valence electrons. The molecule has 0 spiro atoms. The van der Waals surface area contributed by atoms with Crippen molar-refractivity contribution in [1.82, 2.24) is 10.2 Å². The molecule has 0 bridgehead atoms. The van der Waals surface area contributed by atoms with E-state index in [9.17, 15) is 9.59 Å². The summed E-state index contributed by atoms with van der Waals surface area (Å²) in [5, 5.41) is 8.02. The summed E-state index contributed by atoms with van der Waals surface area (Å²) >= 11 is 1.77. The fourth-order valence-electron chi connectivity index (χ4n) is 3.06. The molecule has 1 saturated carbocycles. The van der Waals surface area contributed by atoms with Crippen molar-refractivity contribution in [3.63, 3.8) is 0 Å². The third-order valence-corrected chi connectivity index (χ3v) is 5.70. The zero-order valence-corrected chi connectivity index (χ0v) is 14.8. The van der Waals surface area contributed by atoms with Gasteiger partial charge in [0.25, 0.3) is 0 Å². The van der Waals surface area contributed by atoms with Crippen molar-refractivity contribution >= 4 is 29.0 Å².